The minimum Gasteiger partial charge on any atom is -0.388 e. The molecular formula is C17H22FNO2. The van der Waals surface area contributed by atoms with Crippen molar-refractivity contribution in [2.24, 2.45) is 5.92 Å². The molecule has 2 fully saturated rings. The monoisotopic (exact) mass is 291 g/mol. The average Bonchev–Trinajstić information content (AvgIpc) is 3.04. The third kappa shape index (κ3) is 2.82. The molecule has 1 amide bonds. The Morgan fingerprint density at radius 1 is 1.43 bits per heavy atom. The lowest BCUT2D eigenvalue weighted by Gasteiger charge is -2.34. The minimum atomic E-state index is -0.866. The van der Waals surface area contributed by atoms with Gasteiger partial charge in [0.05, 0.1) is 11.6 Å². The molecule has 0 aromatic heterocycles. The van der Waals surface area contributed by atoms with Gasteiger partial charge in [-0.1, -0.05) is 12.1 Å². The lowest BCUT2D eigenvalue weighted by atomic mass is 9.96. The summed E-state index contributed by atoms with van der Waals surface area (Å²) in [5.41, 5.74) is 0.0439. The Kier molecular flexibility index (Phi) is 3.52. The van der Waals surface area contributed by atoms with Gasteiger partial charge in [-0.05, 0) is 56.7 Å². The maximum Gasteiger partial charge on any atom is 0.226 e. The molecule has 1 saturated carbocycles. The molecular weight excluding hydrogens is 269 g/mol. The molecule has 4 heteroatoms. The van der Waals surface area contributed by atoms with E-state index < -0.39 is 5.60 Å². The number of rotatable bonds is 3. The van der Waals surface area contributed by atoms with Crippen molar-refractivity contribution in [1.29, 1.82) is 0 Å². The summed E-state index contributed by atoms with van der Waals surface area (Å²) in [7, 11) is 0. The molecule has 1 aromatic rings. The summed E-state index contributed by atoms with van der Waals surface area (Å²) in [6.07, 6.45) is 2.59. The quantitative estimate of drug-likeness (QED) is 0.930. The fraction of sp³-hybridized carbons (Fsp3) is 0.588. The number of amides is 1. The van der Waals surface area contributed by atoms with Crippen LogP contribution in [-0.4, -0.2) is 34.1 Å². The van der Waals surface area contributed by atoms with Crippen LogP contribution in [0.1, 0.15) is 44.6 Å². The maximum atomic E-state index is 13.3. The molecule has 3 unspecified atom stereocenters. The van der Waals surface area contributed by atoms with Gasteiger partial charge in [0.1, 0.15) is 5.82 Å². The molecule has 1 aliphatic heterocycles. The number of carbonyl (C=O) groups is 1. The van der Waals surface area contributed by atoms with Crippen LogP contribution in [0.15, 0.2) is 24.3 Å². The Labute approximate surface area is 124 Å². The molecule has 1 N–H and O–H groups in total. The normalized spacial score (nSPS) is 28.8. The Morgan fingerprint density at radius 3 is 2.86 bits per heavy atom. The number of carbonyl (C=O) groups excluding carboxylic acids is 1. The Bertz CT molecular complexity index is 552. The Balaban J connectivity index is 1.70. The highest BCUT2D eigenvalue weighted by atomic mass is 19.1. The summed E-state index contributed by atoms with van der Waals surface area (Å²) in [6, 6.07) is 6.43. The van der Waals surface area contributed by atoms with Crippen LogP contribution in [0.2, 0.25) is 0 Å². The van der Waals surface area contributed by atoms with E-state index in [0.29, 0.717) is 0 Å². The van der Waals surface area contributed by atoms with Crippen LogP contribution >= 0.6 is 0 Å². The van der Waals surface area contributed by atoms with E-state index in [-0.39, 0.29) is 29.6 Å². The fourth-order valence-corrected chi connectivity index (χ4v) is 3.55. The number of halogens is 1. The molecule has 1 heterocycles. The first kappa shape index (κ1) is 14.5. The molecule has 3 atom stereocenters. The van der Waals surface area contributed by atoms with Crippen molar-refractivity contribution < 1.29 is 14.3 Å². The predicted octanol–water partition coefficient (Wildman–Crippen LogP) is 2.69. The van der Waals surface area contributed by atoms with Crippen molar-refractivity contribution in [1.82, 2.24) is 4.90 Å². The molecule has 0 spiro atoms. The van der Waals surface area contributed by atoms with Gasteiger partial charge in [0.2, 0.25) is 5.91 Å². The van der Waals surface area contributed by atoms with Gasteiger partial charge in [0, 0.05) is 12.5 Å². The van der Waals surface area contributed by atoms with Crippen molar-refractivity contribution in [3.63, 3.8) is 0 Å². The van der Waals surface area contributed by atoms with Gasteiger partial charge in [0.25, 0.3) is 0 Å². The SMILES string of the molecule is CC(C)(O)C1CCCN1C(=O)C1CC1c1cccc(F)c1. The smallest absolute Gasteiger partial charge is 0.226 e. The third-order valence-corrected chi connectivity index (χ3v) is 4.74. The number of hydrogen-bond acceptors (Lipinski definition) is 2. The summed E-state index contributed by atoms with van der Waals surface area (Å²) < 4.78 is 13.3. The van der Waals surface area contributed by atoms with Gasteiger partial charge in [-0.25, -0.2) is 4.39 Å². The fourth-order valence-electron chi connectivity index (χ4n) is 3.55. The molecule has 2 aliphatic rings. The highest BCUT2D eigenvalue weighted by Gasteiger charge is 2.49. The molecule has 1 saturated heterocycles. The van der Waals surface area contributed by atoms with Crippen molar-refractivity contribution in [3.05, 3.63) is 35.6 Å². The van der Waals surface area contributed by atoms with Crippen LogP contribution < -0.4 is 0 Å². The molecule has 114 valence electrons. The molecule has 1 aromatic carbocycles. The van der Waals surface area contributed by atoms with Gasteiger partial charge < -0.3 is 10.0 Å². The van der Waals surface area contributed by atoms with Gasteiger partial charge in [-0.15, -0.1) is 0 Å². The predicted molar refractivity (Wildman–Crippen MR) is 78.3 cm³/mol. The van der Waals surface area contributed by atoms with Gasteiger partial charge in [-0.3, -0.25) is 4.79 Å². The summed E-state index contributed by atoms with van der Waals surface area (Å²) in [4.78, 5) is 14.5. The largest absolute Gasteiger partial charge is 0.388 e. The number of benzene rings is 1. The maximum absolute atomic E-state index is 13.3. The molecule has 21 heavy (non-hydrogen) atoms. The first-order valence-corrected chi connectivity index (χ1v) is 7.66. The zero-order chi connectivity index (χ0) is 15.2. The summed E-state index contributed by atoms with van der Waals surface area (Å²) in [5, 5.41) is 10.2. The van der Waals surface area contributed by atoms with Crippen LogP contribution in [0, 0.1) is 11.7 Å². The van der Waals surface area contributed by atoms with Gasteiger partial charge >= 0.3 is 0 Å². The second kappa shape index (κ2) is 5.09. The lowest BCUT2D eigenvalue weighted by Crippen LogP contribution is -2.48. The second-order valence-electron chi connectivity index (χ2n) is 6.85. The Hall–Kier alpha value is -1.42. The zero-order valence-electron chi connectivity index (χ0n) is 12.6. The van der Waals surface area contributed by atoms with E-state index in [1.807, 2.05) is 11.0 Å². The Morgan fingerprint density at radius 2 is 2.19 bits per heavy atom. The van der Waals surface area contributed by atoms with Crippen LogP contribution in [0.5, 0.6) is 0 Å². The van der Waals surface area contributed by atoms with E-state index in [0.717, 1.165) is 31.4 Å². The molecule has 1 aliphatic carbocycles. The molecule has 3 rings (SSSR count). The lowest BCUT2D eigenvalue weighted by molar-refractivity contribution is -0.138. The topological polar surface area (TPSA) is 40.5 Å². The van der Waals surface area contributed by atoms with E-state index in [4.69, 9.17) is 0 Å². The number of nitrogens with zero attached hydrogens (tertiary/aromatic N) is 1. The molecule has 0 radical (unpaired) electrons. The first-order chi connectivity index (χ1) is 9.88. The standard InChI is InChI=1S/C17H22FNO2/c1-17(2,21)15-7-4-8-19(15)16(20)14-10-13(14)11-5-3-6-12(18)9-11/h3,5-6,9,13-15,21H,4,7-8,10H2,1-2H3. The second-order valence-corrected chi connectivity index (χ2v) is 6.85. The van der Waals surface area contributed by atoms with Gasteiger partial charge in [-0.2, -0.15) is 0 Å². The van der Waals surface area contributed by atoms with Gasteiger partial charge in [0.15, 0.2) is 0 Å². The van der Waals surface area contributed by atoms with Crippen LogP contribution in [0.3, 0.4) is 0 Å². The minimum absolute atomic E-state index is 0.0465. The highest BCUT2D eigenvalue weighted by molar-refractivity contribution is 5.83. The van der Waals surface area contributed by atoms with Crippen LogP contribution in [0.4, 0.5) is 4.39 Å². The number of likely N-dealkylation sites (tertiary alicyclic amines) is 1. The number of aliphatic hydroxyl groups is 1. The van der Waals surface area contributed by atoms with E-state index in [1.54, 1.807) is 19.9 Å². The summed E-state index contributed by atoms with van der Waals surface area (Å²) >= 11 is 0. The summed E-state index contributed by atoms with van der Waals surface area (Å²) in [6.45, 7) is 4.25. The van der Waals surface area contributed by atoms with E-state index in [2.05, 4.69) is 0 Å². The number of hydrogen-bond donors (Lipinski definition) is 1. The van der Waals surface area contributed by atoms with Crippen molar-refractivity contribution in [2.75, 3.05) is 6.54 Å². The molecule has 0 bridgehead atoms. The van der Waals surface area contributed by atoms with Crippen molar-refractivity contribution in [3.8, 4) is 0 Å². The summed E-state index contributed by atoms with van der Waals surface area (Å²) in [5.74, 6) is -0.0407. The van der Waals surface area contributed by atoms with Crippen LogP contribution in [0.25, 0.3) is 0 Å². The average molecular weight is 291 g/mol. The highest BCUT2D eigenvalue weighted by Crippen LogP contribution is 2.49. The van der Waals surface area contributed by atoms with E-state index in [9.17, 15) is 14.3 Å². The van der Waals surface area contributed by atoms with E-state index in [1.165, 1.54) is 12.1 Å². The third-order valence-electron chi connectivity index (χ3n) is 4.74. The molecule has 3 nitrogen and oxygen atoms in total. The van der Waals surface area contributed by atoms with E-state index >= 15 is 0 Å². The first-order valence-electron chi connectivity index (χ1n) is 7.66. The zero-order valence-corrected chi connectivity index (χ0v) is 12.6. The van der Waals surface area contributed by atoms with Crippen molar-refractivity contribution >= 4 is 5.91 Å². The van der Waals surface area contributed by atoms with Crippen molar-refractivity contribution in [2.45, 2.75) is 50.7 Å². The van der Waals surface area contributed by atoms with Crippen LogP contribution in [-0.2, 0) is 4.79 Å².